The van der Waals surface area contributed by atoms with E-state index in [0.717, 1.165) is 17.7 Å². The van der Waals surface area contributed by atoms with E-state index in [1.807, 2.05) is 13.0 Å². The summed E-state index contributed by atoms with van der Waals surface area (Å²) < 4.78 is 5.03. The molecule has 0 spiro atoms. The molecule has 0 radical (unpaired) electrons. The molecule has 70 valence electrons. The normalized spacial score (nSPS) is 9.85. The molecule has 1 aromatic carbocycles. The van der Waals surface area contributed by atoms with Crippen LogP contribution in [0.2, 0.25) is 0 Å². The number of benzene rings is 1. The van der Waals surface area contributed by atoms with Gasteiger partial charge in [0.2, 0.25) is 0 Å². The highest BCUT2D eigenvalue weighted by atomic mass is 16.5. The summed E-state index contributed by atoms with van der Waals surface area (Å²) in [5.74, 6) is 0.737. The van der Waals surface area contributed by atoms with Crippen molar-refractivity contribution < 1.29 is 14.8 Å². The molecule has 0 bridgehead atoms. The quantitative estimate of drug-likeness (QED) is 0.640. The topological polar surface area (TPSA) is 49.7 Å². The van der Waals surface area contributed by atoms with Gasteiger partial charge in [0.1, 0.15) is 5.75 Å². The number of aryl methyl sites for hydroxylation is 1. The highest BCUT2D eigenvalue weighted by molar-refractivity contribution is 6.59. The number of hydrogen-bond acceptors (Lipinski definition) is 3. The third kappa shape index (κ3) is 2.23. The number of hydrogen-bond donors (Lipinski definition) is 2. The lowest BCUT2D eigenvalue weighted by Gasteiger charge is -2.08. The molecule has 0 aromatic heterocycles. The molecule has 1 rings (SSSR count). The highest BCUT2D eigenvalue weighted by Gasteiger charge is 2.14. The summed E-state index contributed by atoms with van der Waals surface area (Å²) in [6.45, 7) is 1.96. The van der Waals surface area contributed by atoms with Crippen LogP contribution in [0.25, 0.3) is 0 Å². The number of rotatable bonds is 3. The van der Waals surface area contributed by atoms with E-state index in [1.54, 1.807) is 19.2 Å². The smallest absolute Gasteiger partial charge is 0.488 e. The summed E-state index contributed by atoms with van der Waals surface area (Å²) in [6.07, 6.45) is 0.754. The van der Waals surface area contributed by atoms with E-state index >= 15 is 0 Å². The SMILES string of the molecule is CCc1cc(OC)ccc1B(O)O. The van der Waals surface area contributed by atoms with Gasteiger partial charge in [-0.3, -0.25) is 0 Å². The first-order valence-corrected chi connectivity index (χ1v) is 4.22. The molecule has 0 aliphatic carbocycles. The number of methoxy groups -OCH3 is 1. The molecule has 0 unspecified atom stereocenters. The molecule has 0 aliphatic rings. The Morgan fingerprint density at radius 1 is 1.38 bits per heavy atom. The second-order valence-corrected chi connectivity index (χ2v) is 2.79. The van der Waals surface area contributed by atoms with Crippen LogP contribution in [0.1, 0.15) is 12.5 Å². The lowest BCUT2D eigenvalue weighted by Crippen LogP contribution is -2.32. The van der Waals surface area contributed by atoms with Crippen molar-refractivity contribution in [3.63, 3.8) is 0 Å². The standard InChI is InChI=1S/C9H13BO3/c1-3-7-6-8(13-2)4-5-9(7)10(11)12/h4-6,11-12H,3H2,1-2H3. The van der Waals surface area contributed by atoms with Gasteiger partial charge in [-0.05, 0) is 29.6 Å². The molecule has 0 saturated heterocycles. The zero-order valence-corrected chi connectivity index (χ0v) is 7.82. The summed E-state index contributed by atoms with van der Waals surface area (Å²) in [4.78, 5) is 0. The molecule has 13 heavy (non-hydrogen) atoms. The molecular weight excluding hydrogens is 167 g/mol. The van der Waals surface area contributed by atoms with Crippen molar-refractivity contribution in [2.24, 2.45) is 0 Å². The molecule has 0 fully saturated rings. The largest absolute Gasteiger partial charge is 0.497 e. The molecular formula is C9H13BO3. The second kappa shape index (κ2) is 4.30. The van der Waals surface area contributed by atoms with Gasteiger partial charge >= 0.3 is 7.12 Å². The third-order valence-corrected chi connectivity index (χ3v) is 2.01. The van der Waals surface area contributed by atoms with Crippen molar-refractivity contribution >= 4 is 12.6 Å². The van der Waals surface area contributed by atoms with Gasteiger partial charge in [-0.1, -0.05) is 13.0 Å². The van der Waals surface area contributed by atoms with Crippen molar-refractivity contribution in [3.8, 4) is 5.75 Å². The summed E-state index contributed by atoms with van der Waals surface area (Å²) in [5.41, 5.74) is 1.44. The van der Waals surface area contributed by atoms with Crippen LogP contribution >= 0.6 is 0 Å². The van der Waals surface area contributed by atoms with Crippen LogP contribution in [0.3, 0.4) is 0 Å². The van der Waals surface area contributed by atoms with E-state index in [-0.39, 0.29) is 0 Å². The van der Waals surface area contributed by atoms with Gasteiger partial charge in [-0.2, -0.15) is 0 Å². The maximum atomic E-state index is 9.01. The Balaban J connectivity index is 3.08. The van der Waals surface area contributed by atoms with Gasteiger partial charge in [0.05, 0.1) is 7.11 Å². The fraction of sp³-hybridized carbons (Fsp3) is 0.333. The summed E-state index contributed by atoms with van der Waals surface area (Å²) in [5, 5.41) is 18.0. The summed E-state index contributed by atoms with van der Waals surface area (Å²) in [6, 6.07) is 5.20. The van der Waals surface area contributed by atoms with Crippen molar-refractivity contribution in [2.75, 3.05) is 7.11 Å². The maximum absolute atomic E-state index is 9.01. The molecule has 4 heteroatoms. The monoisotopic (exact) mass is 180 g/mol. The lowest BCUT2D eigenvalue weighted by molar-refractivity contribution is 0.413. The third-order valence-electron chi connectivity index (χ3n) is 2.01. The van der Waals surface area contributed by atoms with Crippen molar-refractivity contribution in [2.45, 2.75) is 13.3 Å². The Morgan fingerprint density at radius 2 is 2.08 bits per heavy atom. The predicted octanol–water partition coefficient (Wildman–Crippen LogP) is -0.0626. The Bertz CT molecular complexity index is 286. The Morgan fingerprint density at radius 3 is 2.54 bits per heavy atom. The second-order valence-electron chi connectivity index (χ2n) is 2.79. The minimum atomic E-state index is -1.40. The first-order valence-electron chi connectivity index (χ1n) is 4.22. The molecule has 0 atom stereocenters. The Labute approximate surface area is 78.1 Å². The Kier molecular flexibility index (Phi) is 3.34. The maximum Gasteiger partial charge on any atom is 0.488 e. The van der Waals surface area contributed by atoms with E-state index < -0.39 is 7.12 Å². The van der Waals surface area contributed by atoms with Gasteiger partial charge < -0.3 is 14.8 Å². The van der Waals surface area contributed by atoms with Crippen molar-refractivity contribution in [1.82, 2.24) is 0 Å². The van der Waals surface area contributed by atoms with Gasteiger partial charge in [0, 0.05) is 0 Å². The molecule has 1 aromatic rings. The minimum absolute atomic E-state index is 0.545. The zero-order valence-electron chi connectivity index (χ0n) is 7.82. The molecule has 0 amide bonds. The minimum Gasteiger partial charge on any atom is -0.497 e. The van der Waals surface area contributed by atoms with Gasteiger partial charge in [-0.25, -0.2) is 0 Å². The molecule has 0 saturated carbocycles. The van der Waals surface area contributed by atoms with Gasteiger partial charge in [0.15, 0.2) is 0 Å². The van der Waals surface area contributed by atoms with E-state index in [4.69, 9.17) is 14.8 Å². The molecule has 2 N–H and O–H groups in total. The lowest BCUT2D eigenvalue weighted by atomic mass is 9.76. The van der Waals surface area contributed by atoms with Crippen LogP contribution in [-0.2, 0) is 6.42 Å². The molecule has 0 aliphatic heterocycles. The van der Waals surface area contributed by atoms with Crippen LogP contribution in [0, 0.1) is 0 Å². The van der Waals surface area contributed by atoms with E-state index in [2.05, 4.69) is 0 Å². The highest BCUT2D eigenvalue weighted by Crippen LogP contribution is 2.11. The fourth-order valence-corrected chi connectivity index (χ4v) is 1.27. The van der Waals surface area contributed by atoms with E-state index in [9.17, 15) is 0 Å². The molecule has 3 nitrogen and oxygen atoms in total. The number of ether oxygens (including phenoxy) is 1. The van der Waals surface area contributed by atoms with Crippen LogP contribution in [0.15, 0.2) is 18.2 Å². The van der Waals surface area contributed by atoms with Gasteiger partial charge in [0.25, 0.3) is 0 Å². The van der Waals surface area contributed by atoms with E-state index in [0.29, 0.717) is 5.46 Å². The van der Waals surface area contributed by atoms with Crippen LogP contribution in [0.5, 0.6) is 5.75 Å². The van der Waals surface area contributed by atoms with Crippen molar-refractivity contribution in [3.05, 3.63) is 23.8 Å². The average Bonchev–Trinajstić information content (AvgIpc) is 2.16. The van der Waals surface area contributed by atoms with Crippen LogP contribution in [0.4, 0.5) is 0 Å². The summed E-state index contributed by atoms with van der Waals surface area (Å²) >= 11 is 0. The first kappa shape index (κ1) is 10.1. The molecule has 0 heterocycles. The first-order chi connectivity index (χ1) is 6.19. The van der Waals surface area contributed by atoms with Gasteiger partial charge in [-0.15, -0.1) is 0 Å². The predicted molar refractivity (Wildman–Crippen MR) is 52.2 cm³/mol. The fourth-order valence-electron chi connectivity index (χ4n) is 1.27. The van der Waals surface area contributed by atoms with E-state index in [1.165, 1.54) is 0 Å². The van der Waals surface area contributed by atoms with Crippen molar-refractivity contribution in [1.29, 1.82) is 0 Å². The summed E-state index contributed by atoms with van der Waals surface area (Å²) in [7, 11) is 0.185. The average molecular weight is 180 g/mol. The Hall–Kier alpha value is -0.995. The van der Waals surface area contributed by atoms with Crippen LogP contribution in [-0.4, -0.2) is 24.3 Å². The zero-order chi connectivity index (χ0) is 9.84. The van der Waals surface area contributed by atoms with Crippen LogP contribution < -0.4 is 10.2 Å².